The van der Waals surface area contributed by atoms with E-state index < -0.39 is 11.7 Å². The van der Waals surface area contributed by atoms with Crippen molar-refractivity contribution in [1.29, 1.82) is 0 Å². The Morgan fingerprint density at radius 1 is 1.31 bits per heavy atom. The molecule has 0 saturated carbocycles. The van der Waals surface area contributed by atoms with Crippen molar-refractivity contribution in [3.8, 4) is 11.3 Å². The SMILES string of the molecule is COC(=O)Nc1ccc(-c2nc(Cl)nc3c2cnn3CC(C)(C)O)cc1. The molecule has 0 spiro atoms. The molecule has 3 rings (SSSR count). The lowest BCUT2D eigenvalue weighted by Gasteiger charge is -2.17. The summed E-state index contributed by atoms with van der Waals surface area (Å²) in [6, 6.07) is 7.07. The number of aliphatic hydroxyl groups is 1. The van der Waals surface area contributed by atoms with Crippen LogP contribution in [-0.4, -0.2) is 43.7 Å². The number of methoxy groups -OCH3 is 1. The average molecular weight is 376 g/mol. The van der Waals surface area contributed by atoms with Crippen molar-refractivity contribution < 1.29 is 14.6 Å². The third-order valence-corrected chi connectivity index (χ3v) is 3.76. The fourth-order valence-corrected chi connectivity index (χ4v) is 2.68. The van der Waals surface area contributed by atoms with Gasteiger partial charge < -0.3 is 9.84 Å². The van der Waals surface area contributed by atoms with E-state index in [9.17, 15) is 9.90 Å². The maximum atomic E-state index is 11.3. The highest BCUT2D eigenvalue weighted by atomic mass is 35.5. The molecule has 136 valence electrons. The first-order valence-electron chi connectivity index (χ1n) is 7.84. The van der Waals surface area contributed by atoms with E-state index in [2.05, 4.69) is 25.1 Å². The van der Waals surface area contributed by atoms with Gasteiger partial charge in [-0.05, 0) is 37.6 Å². The Kier molecular flexibility index (Phi) is 4.80. The van der Waals surface area contributed by atoms with Crippen LogP contribution in [0.25, 0.3) is 22.3 Å². The Bertz CT molecular complexity index is 947. The topological polar surface area (TPSA) is 102 Å². The molecule has 0 aliphatic rings. The van der Waals surface area contributed by atoms with Gasteiger partial charge >= 0.3 is 6.09 Å². The zero-order valence-electron chi connectivity index (χ0n) is 14.5. The summed E-state index contributed by atoms with van der Waals surface area (Å²) in [7, 11) is 1.30. The van der Waals surface area contributed by atoms with Crippen LogP contribution >= 0.6 is 11.6 Å². The number of rotatable bonds is 4. The van der Waals surface area contributed by atoms with E-state index in [-0.39, 0.29) is 11.8 Å². The van der Waals surface area contributed by atoms with Crippen LogP contribution in [0.2, 0.25) is 5.28 Å². The van der Waals surface area contributed by atoms with Gasteiger partial charge in [0.1, 0.15) is 0 Å². The van der Waals surface area contributed by atoms with Gasteiger partial charge in [0.15, 0.2) is 5.65 Å². The molecule has 26 heavy (non-hydrogen) atoms. The molecular formula is C17H18ClN5O3. The number of aromatic nitrogens is 4. The molecule has 2 heterocycles. The van der Waals surface area contributed by atoms with Crippen molar-refractivity contribution >= 4 is 34.4 Å². The number of carbonyl (C=O) groups excluding carboxylic acids is 1. The number of carbonyl (C=O) groups is 1. The van der Waals surface area contributed by atoms with Crippen LogP contribution in [-0.2, 0) is 11.3 Å². The quantitative estimate of drug-likeness (QED) is 0.679. The van der Waals surface area contributed by atoms with E-state index in [4.69, 9.17) is 11.6 Å². The minimum atomic E-state index is -0.947. The molecule has 0 atom stereocenters. The van der Waals surface area contributed by atoms with Crippen LogP contribution in [0.15, 0.2) is 30.5 Å². The summed E-state index contributed by atoms with van der Waals surface area (Å²) in [5, 5.41) is 17.7. The zero-order valence-corrected chi connectivity index (χ0v) is 15.3. The highest BCUT2D eigenvalue weighted by molar-refractivity contribution is 6.28. The summed E-state index contributed by atoms with van der Waals surface area (Å²) in [6.45, 7) is 3.65. The minimum Gasteiger partial charge on any atom is -0.453 e. The van der Waals surface area contributed by atoms with Crippen molar-refractivity contribution in [2.24, 2.45) is 0 Å². The van der Waals surface area contributed by atoms with Gasteiger partial charge in [0.05, 0.1) is 36.5 Å². The first-order valence-corrected chi connectivity index (χ1v) is 8.21. The van der Waals surface area contributed by atoms with E-state index in [1.807, 2.05) is 0 Å². The van der Waals surface area contributed by atoms with Crippen molar-refractivity contribution in [2.75, 3.05) is 12.4 Å². The van der Waals surface area contributed by atoms with Crippen molar-refractivity contribution in [3.05, 3.63) is 35.7 Å². The third-order valence-electron chi connectivity index (χ3n) is 3.60. The fourth-order valence-electron chi connectivity index (χ4n) is 2.51. The van der Waals surface area contributed by atoms with Crippen molar-refractivity contribution in [2.45, 2.75) is 26.0 Å². The van der Waals surface area contributed by atoms with Gasteiger partial charge in [-0.3, -0.25) is 5.32 Å². The molecule has 3 aromatic rings. The van der Waals surface area contributed by atoms with E-state index in [1.165, 1.54) is 7.11 Å². The van der Waals surface area contributed by atoms with Gasteiger partial charge in [-0.1, -0.05) is 12.1 Å². The second kappa shape index (κ2) is 6.89. The highest BCUT2D eigenvalue weighted by Gasteiger charge is 2.19. The Morgan fingerprint density at radius 3 is 2.62 bits per heavy atom. The molecule has 0 radical (unpaired) electrons. The number of anilines is 1. The standard InChI is InChI=1S/C17H18ClN5O3/c1-17(2,25)9-23-14-12(8-19-23)13(21-15(18)22-14)10-4-6-11(7-5-10)20-16(24)26-3/h4-8,25H,9H2,1-3H3,(H,20,24). The average Bonchev–Trinajstić information content (AvgIpc) is 2.95. The van der Waals surface area contributed by atoms with Crippen molar-refractivity contribution in [1.82, 2.24) is 19.7 Å². The second-order valence-corrected chi connectivity index (χ2v) is 6.73. The Morgan fingerprint density at radius 2 is 2.00 bits per heavy atom. The number of nitrogens with one attached hydrogen (secondary N) is 1. The van der Waals surface area contributed by atoms with Crippen LogP contribution in [0.1, 0.15) is 13.8 Å². The number of halogens is 1. The smallest absolute Gasteiger partial charge is 0.411 e. The summed E-state index contributed by atoms with van der Waals surface area (Å²) >= 11 is 6.09. The van der Waals surface area contributed by atoms with E-state index >= 15 is 0 Å². The number of hydrogen-bond donors (Lipinski definition) is 2. The molecule has 1 aromatic carbocycles. The summed E-state index contributed by atoms with van der Waals surface area (Å²) < 4.78 is 6.16. The predicted molar refractivity (Wildman–Crippen MR) is 98.1 cm³/mol. The van der Waals surface area contributed by atoms with Crippen LogP contribution in [0.4, 0.5) is 10.5 Å². The Hall–Kier alpha value is -2.71. The van der Waals surface area contributed by atoms with Gasteiger partial charge in [0, 0.05) is 11.3 Å². The van der Waals surface area contributed by atoms with Crippen LogP contribution < -0.4 is 5.32 Å². The summed E-state index contributed by atoms with van der Waals surface area (Å²) in [5.41, 5.74) is 1.59. The van der Waals surface area contributed by atoms with Crippen LogP contribution in [0.5, 0.6) is 0 Å². The van der Waals surface area contributed by atoms with Crippen LogP contribution in [0, 0.1) is 0 Å². The van der Waals surface area contributed by atoms with Gasteiger partial charge in [-0.15, -0.1) is 0 Å². The maximum Gasteiger partial charge on any atom is 0.411 e. The molecule has 1 amide bonds. The lowest BCUT2D eigenvalue weighted by molar-refractivity contribution is 0.0589. The number of hydrogen-bond acceptors (Lipinski definition) is 6. The molecule has 0 unspecified atom stereocenters. The normalized spacial score (nSPS) is 11.6. The first-order chi connectivity index (χ1) is 12.3. The molecule has 0 saturated heterocycles. The van der Waals surface area contributed by atoms with E-state index in [0.717, 1.165) is 5.56 Å². The number of fused-ring (bicyclic) bond motifs is 1. The molecule has 9 heteroatoms. The second-order valence-electron chi connectivity index (χ2n) is 6.39. The molecule has 2 N–H and O–H groups in total. The lowest BCUT2D eigenvalue weighted by Crippen LogP contribution is -2.26. The van der Waals surface area contributed by atoms with Gasteiger partial charge in [-0.2, -0.15) is 10.1 Å². The molecule has 2 aromatic heterocycles. The van der Waals surface area contributed by atoms with Crippen LogP contribution in [0.3, 0.4) is 0 Å². The van der Waals surface area contributed by atoms with Gasteiger partial charge in [0.25, 0.3) is 0 Å². The summed E-state index contributed by atoms with van der Waals surface area (Å²) in [5.74, 6) is 0. The number of ether oxygens (including phenoxy) is 1. The molecule has 0 fully saturated rings. The third kappa shape index (κ3) is 3.92. The lowest BCUT2D eigenvalue weighted by atomic mass is 10.1. The van der Waals surface area contributed by atoms with Gasteiger partial charge in [-0.25, -0.2) is 14.5 Å². The van der Waals surface area contributed by atoms with Gasteiger partial charge in [0.2, 0.25) is 5.28 Å². The van der Waals surface area contributed by atoms with Crippen molar-refractivity contribution in [3.63, 3.8) is 0 Å². The predicted octanol–water partition coefficient (Wildman–Crippen LogP) is 3.10. The maximum absolute atomic E-state index is 11.3. The zero-order chi connectivity index (χ0) is 18.9. The summed E-state index contributed by atoms with van der Waals surface area (Å²) in [4.78, 5) is 19.8. The Balaban J connectivity index is 2.01. The Labute approximate surface area is 154 Å². The minimum absolute atomic E-state index is 0.0850. The molecule has 0 aliphatic heterocycles. The highest BCUT2D eigenvalue weighted by Crippen LogP contribution is 2.28. The van der Waals surface area contributed by atoms with E-state index in [0.29, 0.717) is 22.4 Å². The monoisotopic (exact) mass is 375 g/mol. The number of amides is 1. The summed E-state index contributed by atoms with van der Waals surface area (Å²) in [6.07, 6.45) is 1.10. The number of benzene rings is 1. The first kappa shape index (κ1) is 18.1. The molecule has 8 nitrogen and oxygen atoms in total. The number of nitrogens with zero attached hydrogens (tertiary/aromatic N) is 4. The van der Waals surface area contributed by atoms with E-state index in [1.54, 1.807) is 49.0 Å². The molecule has 0 aliphatic carbocycles. The molecular weight excluding hydrogens is 358 g/mol. The largest absolute Gasteiger partial charge is 0.453 e. The fraction of sp³-hybridized carbons (Fsp3) is 0.294. The molecule has 0 bridgehead atoms.